The lowest BCUT2D eigenvalue weighted by molar-refractivity contribution is -0.131. The number of fused-ring (bicyclic) bond motifs is 1. The Balaban J connectivity index is 1.49. The van der Waals surface area contributed by atoms with Crippen molar-refractivity contribution in [1.29, 1.82) is 5.41 Å². The molecule has 0 bridgehead atoms. The van der Waals surface area contributed by atoms with E-state index in [1.165, 1.54) is 4.31 Å². The number of amidine groups is 1. The lowest BCUT2D eigenvalue weighted by Crippen LogP contribution is -2.44. The van der Waals surface area contributed by atoms with Crippen LogP contribution in [0.1, 0.15) is 23.1 Å². The van der Waals surface area contributed by atoms with Crippen LogP contribution in [0.15, 0.2) is 89.8 Å². The summed E-state index contributed by atoms with van der Waals surface area (Å²) < 4.78 is 35.0. The number of nitrogens with two attached hydrogens (primary N) is 2. The number of amides is 1. The van der Waals surface area contributed by atoms with Gasteiger partial charge in [0.1, 0.15) is 17.6 Å². The number of sulfonamides is 1. The summed E-state index contributed by atoms with van der Waals surface area (Å²) in [6.45, 7) is 0.710. The van der Waals surface area contributed by atoms with Crippen LogP contribution in [0.4, 0.5) is 5.69 Å². The van der Waals surface area contributed by atoms with E-state index in [0.717, 1.165) is 21.9 Å². The number of methoxy groups -OCH3 is 1. The first-order valence-electron chi connectivity index (χ1n) is 12.8. The summed E-state index contributed by atoms with van der Waals surface area (Å²) >= 11 is 0. The van der Waals surface area contributed by atoms with Gasteiger partial charge in [0.15, 0.2) is 0 Å². The number of carbonyl (C=O) groups excluding carboxylic acids is 1. The van der Waals surface area contributed by atoms with Crippen molar-refractivity contribution in [2.75, 3.05) is 19.4 Å². The van der Waals surface area contributed by atoms with Crippen LogP contribution in [0.25, 0.3) is 10.8 Å². The zero-order valence-corrected chi connectivity index (χ0v) is 22.9. The molecule has 1 fully saturated rings. The number of benzene rings is 4. The van der Waals surface area contributed by atoms with E-state index in [4.69, 9.17) is 21.6 Å². The molecule has 4 aromatic carbocycles. The lowest BCUT2D eigenvalue weighted by atomic mass is 10.1. The van der Waals surface area contributed by atoms with Crippen molar-refractivity contribution in [1.82, 2.24) is 9.21 Å². The summed E-state index contributed by atoms with van der Waals surface area (Å²) in [4.78, 5) is 15.5. The molecule has 1 aliphatic rings. The van der Waals surface area contributed by atoms with Gasteiger partial charge in [0.25, 0.3) is 0 Å². The number of hydrogen-bond donors (Lipinski definition) is 3. The highest BCUT2D eigenvalue weighted by molar-refractivity contribution is 7.89. The number of nitrogens with one attached hydrogen (secondary N) is 1. The first kappa shape index (κ1) is 27.2. The number of rotatable bonds is 9. The molecule has 0 aromatic heterocycles. The molecule has 40 heavy (non-hydrogen) atoms. The molecule has 10 heteroatoms. The van der Waals surface area contributed by atoms with E-state index >= 15 is 0 Å². The minimum Gasteiger partial charge on any atom is -0.497 e. The first-order chi connectivity index (χ1) is 19.2. The normalized spacial score (nSPS) is 15.6. The van der Waals surface area contributed by atoms with Crippen molar-refractivity contribution in [3.8, 4) is 5.75 Å². The molecule has 1 heterocycles. The molecule has 9 nitrogen and oxygen atoms in total. The summed E-state index contributed by atoms with van der Waals surface area (Å²) in [6, 6.07) is 23.7. The van der Waals surface area contributed by atoms with Crippen molar-refractivity contribution in [2.45, 2.75) is 30.4 Å². The second kappa shape index (κ2) is 11.0. The number of carbonyl (C=O) groups is 1. The van der Waals surface area contributed by atoms with Crippen LogP contribution in [0.3, 0.4) is 0 Å². The third kappa shape index (κ3) is 5.49. The van der Waals surface area contributed by atoms with Gasteiger partial charge < -0.3 is 21.1 Å². The number of nitrogens with zero attached hydrogens (tertiary/aromatic N) is 2. The van der Waals surface area contributed by atoms with Gasteiger partial charge >= 0.3 is 0 Å². The standard InChI is InChI=1S/C30H31N5O4S/c1-39-26-11-7-22-8-12-27(17-24(22)16-26)40(37,38)35(19-20-5-9-25(31)10-6-20)28-13-14-34(30(28)36)18-21-3-2-4-23(15-21)29(32)33/h2-12,15-17,28H,13-14,18-19,31H2,1H3,(H3,32,33)/t28-/m0/s1. The molecule has 5 rings (SSSR count). The summed E-state index contributed by atoms with van der Waals surface area (Å²) in [5.41, 5.74) is 14.2. The van der Waals surface area contributed by atoms with Crippen LogP contribution in [-0.4, -0.2) is 49.1 Å². The van der Waals surface area contributed by atoms with Crippen molar-refractivity contribution in [2.24, 2.45) is 5.73 Å². The second-order valence-electron chi connectivity index (χ2n) is 9.85. The van der Waals surface area contributed by atoms with Gasteiger partial charge in [-0.25, -0.2) is 8.42 Å². The van der Waals surface area contributed by atoms with E-state index in [2.05, 4.69) is 0 Å². The third-order valence-electron chi connectivity index (χ3n) is 7.17. The van der Waals surface area contributed by atoms with Gasteiger partial charge in [0, 0.05) is 30.9 Å². The van der Waals surface area contributed by atoms with Crippen LogP contribution in [0.2, 0.25) is 0 Å². The van der Waals surface area contributed by atoms with Crippen LogP contribution < -0.4 is 16.2 Å². The zero-order chi connectivity index (χ0) is 28.4. The van der Waals surface area contributed by atoms with Gasteiger partial charge in [-0.3, -0.25) is 10.2 Å². The maximum Gasteiger partial charge on any atom is 0.244 e. The molecule has 1 atom stereocenters. The molecule has 1 amide bonds. The summed E-state index contributed by atoms with van der Waals surface area (Å²) in [6.07, 6.45) is 0.348. The van der Waals surface area contributed by atoms with E-state index in [0.29, 0.717) is 36.5 Å². The van der Waals surface area contributed by atoms with E-state index < -0.39 is 16.1 Å². The van der Waals surface area contributed by atoms with Gasteiger partial charge in [-0.1, -0.05) is 42.5 Å². The topological polar surface area (TPSA) is 143 Å². The molecule has 0 radical (unpaired) electrons. The zero-order valence-electron chi connectivity index (χ0n) is 22.1. The van der Waals surface area contributed by atoms with Gasteiger partial charge in [0.2, 0.25) is 15.9 Å². The maximum atomic E-state index is 14.2. The predicted molar refractivity (Wildman–Crippen MR) is 155 cm³/mol. The molecular weight excluding hydrogens is 526 g/mol. The fourth-order valence-electron chi connectivity index (χ4n) is 5.00. The second-order valence-corrected chi connectivity index (χ2v) is 11.7. The quantitative estimate of drug-likeness (QED) is 0.163. The Morgan fingerprint density at radius 2 is 1.75 bits per heavy atom. The SMILES string of the molecule is COc1ccc2ccc(S(=O)(=O)N(Cc3ccc(N)cc3)[C@H]3CCN(Cc4cccc(C(=N)N)c4)C3=O)cc2c1. The fraction of sp³-hybridized carbons (Fsp3) is 0.200. The summed E-state index contributed by atoms with van der Waals surface area (Å²) in [7, 11) is -2.52. The molecule has 0 unspecified atom stereocenters. The molecule has 0 spiro atoms. The average molecular weight is 558 g/mol. The largest absolute Gasteiger partial charge is 0.497 e. The molecular formula is C30H31N5O4S. The summed E-state index contributed by atoms with van der Waals surface area (Å²) in [5, 5.41) is 9.29. The Bertz CT molecular complexity index is 1690. The molecule has 0 aliphatic carbocycles. The Hall–Kier alpha value is -4.41. The van der Waals surface area contributed by atoms with Crippen LogP contribution in [0, 0.1) is 5.41 Å². The predicted octanol–water partition coefficient (Wildman–Crippen LogP) is 3.71. The van der Waals surface area contributed by atoms with Crippen LogP contribution >= 0.6 is 0 Å². The number of hydrogen-bond acceptors (Lipinski definition) is 6. The Kier molecular flexibility index (Phi) is 7.46. The molecule has 4 aromatic rings. The van der Waals surface area contributed by atoms with Gasteiger partial charge in [-0.05, 0) is 70.8 Å². The third-order valence-corrected chi connectivity index (χ3v) is 9.02. The summed E-state index contributed by atoms with van der Waals surface area (Å²) in [5.74, 6) is 0.298. The Labute approximate surface area is 233 Å². The highest BCUT2D eigenvalue weighted by Crippen LogP contribution is 2.30. The minimum absolute atomic E-state index is 0.0167. The van der Waals surface area contributed by atoms with Gasteiger partial charge in [-0.15, -0.1) is 0 Å². The monoisotopic (exact) mass is 557 g/mol. The fourth-order valence-corrected chi connectivity index (χ4v) is 6.63. The highest BCUT2D eigenvalue weighted by Gasteiger charge is 2.42. The molecule has 206 valence electrons. The number of nitrogen functional groups attached to an aromatic ring is 2. The average Bonchev–Trinajstić information content (AvgIpc) is 3.31. The van der Waals surface area contributed by atoms with E-state index in [-0.39, 0.29) is 23.2 Å². The number of likely N-dealkylation sites (tertiary alicyclic amines) is 1. The molecule has 0 saturated carbocycles. The lowest BCUT2D eigenvalue weighted by Gasteiger charge is -2.28. The smallest absolute Gasteiger partial charge is 0.244 e. The van der Waals surface area contributed by atoms with Crippen molar-refractivity contribution >= 4 is 38.2 Å². The first-order valence-corrected chi connectivity index (χ1v) is 14.3. The van der Waals surface area contributed by atoms with Gasteiger partial charge in [-0.2, -0.15) is 4.31 Å². The molecule has 1 aliphatic heterocycles. The molecule has 1 saturated heterocycles. The Morgan fingerprint density at radius 1 is 1.00 bits per heavy atom. The van der Waals surface area contributed by atoms with Crippen LogP contribution in [-0.2, 0) is 27.9 Å². The highest BCUT2D eigenvalue weighted by atomic mass is 32.2. The maximum absolute atomic E-state index is 14.2. The van der Waals surface area contributed by atoms with Crippen molar-refractivity contribution in [3.63, 3.8) is 0 Å². The van der Waals surface area contributed by atoms with E-state index in [1.807, 2.05) is 18.2 Å². The van der Waals surface area contributed by atoms with E-state index in [1.54, 1.807) is 78.7 Å². The van der Waals surface area contributed by atoms with Gasteiger partial charge in [0.05, 0.1) is 12.0 Å². The van der Waals surface area contributed by atoms with Crippen molar-refractivity contribution < 1.29 is 17.9 Å². The van der Waals surface area contributed by atoms with Crippen LogP contribution in [0.5, 0.6) is 5.75 Å². The van der Waals surface area contributed by atoms with E-state index in [9.17, 15) is 13.2 Å². The number of anilines is 1. The van der Waals surface area contributed by atoms with Crippen molar-refractivity contribution in [3.05, 3.63) is 102 Å². The molecule has 5 N–H and O–H groups in total. The number of ether oxygens (including phenoxy) is 1. The Morgan fingerprint density at radius 3 is 2.48 bits per heavy atom. The minimum atomic E-state index is -4.08.